The fourth-order valence-electron chi connectivity index (χ4n) is 3.24. The third-order valence-corrected chi connectivity index (χ3v) is 4.66. The summed E-state index contributed by atoms with van der Waals surface area (Å²) in [6.07, 6.45) is 2.16. The molecule has 1 heterocycles. The molecule has 2 N–H and O–H groups in total. The average Bonchev–Trinajstić information content (AvgIpc) is 3.23. The summed E-state index contributed by atoms with van der Waals surface area (Å²) in [7, 11) is 1.57. The minimum Gasteiger partial charge on any atom is -0.383 e. The van der Waals surface area contributed by atoms with Crippen LogP contribution in [0.25, 0.3) is 0 Å². The second kappa shape index (κ2) is 9.32. The van der Waals surface area contributed by atoms with Crippen LogP contribution in [0, 0.1) is 5.82 Å². The monoisotopic (exact) mass is 385 g/mol. The number of carbonyl (C=O) groups excluding carboxylic acids is 2. The van der Waals surface area contributed by atoms with E-state index < -0.39 is 11.7 Å². The first-order chi connectivity index (χ1) is 13.6. The fourth-order valence-corrected chi connectivity index (χ4v) is 3.24. The van der Waals surface area contributed by atoms with Crippen LogP contribution in [0.1, 0.15) is 33.6 Å². The van der Waals surface area contributed by atoms with Gasteiger partial charge in [0.25, 0.3) is 11.8 Å². The van der Waals surface area contributed by atoms with E-state index in [1.807, 2.05) is 6.07 Å². The van der Waals surface area contributed by atoms with Crippen LogP contribution >= 0.6 is 0 Å². The first-order valence-corrected chi connectivity index (χ1v) is 9.32. The van der Waals surface area contributed by atoms with Crippen LogP contribution in [0.3, 0.4) is 0 Å². The summed E-state index contributed by atoms with van der Waals surface area (Å²) in [5, 5.41) is 5.50. The summed E-state index contributed by atoms with van der Waals surface area (Å²) >= 11 is 0. The van der Waals surface area contributed by atoms with Crippen molar-refractivity contribution < 1.29 is 18.7 Å². The van der Waals surface area contributed by atoms with Gasteiger partial charge in [-0.1, -0.05) is 12.1 Å². The number of methoxy groups -OCH3 is 1. The van der Waals surface area contributed by atoms with Gasteiger partial charge < -0.3 is 20.3 Å². The standard InChI is InChI=1S/C21H24FN3O3/c1-28-13-10-23-20(26)17-14-15(8-9-19(17)25-11-4-5-12-25)24-21(27)16-6-2-3-7-18(16)22/h2-3,6-9,14H,4-5,10-13H2,1H3,(H,23,26)(H,24,27). The van der Waals surface area contributed by atoms with E-state index in [2.05, 4.69) is 15.5 Å². The van der Waals surface area contributed by atoms with Crippen LogP contribution < -0.4 is 15.5 Å². The van der Waals surface area contributed by atoms with Gasteiger partial charge in [0.05, 0.1) is 17.7 Å². The van der Waals surface area contributed by atoms with E-state index in [4.69, 9.17) is 4.74 Å². The lowest BCUT2D eigenvalue weighted by Crippen LogP contribution is -2.30. The van der Waals surface area contributed by atoms with Crippen molar-refractivity contribution in [2.75, 3.05) is 43.6 Å². The molecule has 148 valence electrons. The molecule has 28 heavy (non-hydrogen) atoms. The predicted octanol–water partition coefficient (Wildman–Crippen LogP) is 3.05. The zero-order valence-corrected chi connectivity index (χ0v) is 15.8. The molecule has 0 bridgehead atoms. The summed E-state index contributed by atoms with van der Waals surface area (Å²) < 4.78 is 18.8. The summed E-state index contributed by atoms with van der Waals surface area (Å²) in [5.41, 5.74) is 1.70. The van der Waals surface area contributed by atoms with Crippen molar-refractivity contribution in [2.45, 2.75) is 12.8 Å². The minimum atomic E-state index is -0.591. The van der Waals surface area contributed by atoms with Gasteiger partial charge in [-0.15, -0.1) is 0 Å². The van der Waals surface area contributed by atoms with Crippen molar-refractivity contribution in [1.82, 2.24) is 5.32 Å². The number of ether oxygens (including phenoxy) is 1. The SMILES string of the molecule is COCCNC(=O)c1cc(NC(=O)c2ccccc2F)ccc1N1CCCC1. The Hall–Kier alpha value is -2.93. The highest BCUT2D eigenvalue weighted by Gasteiger charge is 2.21. The normalized spacial score (nSPS) is 13.4. The Bertz CT molecular complexity index is 851. The van der Waals surface area contributed by atoms with Crippen molar-refractivity contribution in [3.63, 3.8) is 0 Å². The van der Waals surface area contributed by atoms with Crippen LogP contribution in [0.4, 0.5) is 15.8 Å². The van der Waals surface area contributed by atoms with E-state index in [-0.39, 0.29) is 11.5 Å². The summed E-state index contributed by atoms with van der Waals surface area (Å²) in [4.78, 5) is 27.2. The molecule has 2 aromatic rings. The minimum absolute atomic E-state index is 0.0442. The van der Waals surface area contributed by atoms with Crippen molar-refractivity contribution in [1.29, 1.82) is 0 Å². The molecule has 2 amide bonds. The van der Waals surface area contributed by atoms with Crippen LogP contribution in [-0.2, 0) is 4.74 Å². The molecule has 0 spiro atoms. The zero-order valence-electron chi connectivity index (χ0n) is 15.8. The number of carbonyl (C=O) groups is 2. The second-order valence-electron chi connectivity index (χ2n) is 6.61. The molecule has 1 saturated heterocycles. The van der Waals surface area contributed by atoms with E-state index in [9.17, 15) is 14.0 Å². The lowest BCUT2D eigenvalue weighted by atomic mass is 10.1. The highest BCUT2D eigenvalue weighted by atomic mass is 19.1. The maximum absolute atomic E-state index is 13.8. The van der Waals surface area contributed by atoms with Crippen LogP contribution in [0.15, 0.2) is 42.5 Å². The topological polar surface area (TPSA) is 70.7 Å². The summed E-state index contributed by atoms with van der Waals surface area (Å²) in [5.74, 6) is -1.38. The van der Waals surface area contributed by atoms with E-state index in [1.165, 1.54) is 18.2 Å². The molecule has 0 saturated carbocycles. The molecular weight excluding hydrogens is 361 g/mol. The Morgan fingerprint density at radius 3 is 2.54 bits per heavy atom. The van der Waals surface area contributed by atoms with Gasteiger partial charge in [0.2, 0.25) is 0 Å². The van der Waals surface area contributed by atoms with E-state index in [0.717, 1.165) is 31.6 Å². The van der Waals surface area contributed by atoms with Crippen molar-refractivity contribution in [3.05, 3.63) is 59.4 Å². The number of rotatable bonds is 7. The molecule has 0 unspecified atom stereocenters. The van der Waals surface area contributed by atoms with Gasteiger partial charge in [-0.2, -0.15) is 0 Å². The van der Waals surface area contributed by atoms with Crippen molar-refractivity contribution in [3.8, 4) is 0 Å². The lowest BCUT2D eigenvalue weighted by Gasteiger charge is -2.22. The maximum atomic E-state index is 13.8. The first kappa shape index (κ1) is 19.8. The number of benzene rings is 2. The number of nitrogens with one attached hydrogen (secondary N) is 2. The van der Waals surface area contributed by atoms with Gasteiger partial charge >= 0.3 is 0 Å². The zero-order chi connectivity index (χ0) is 19.9. The van der Waals surface area contributed by atoms with Gasteiger partial charge in [0.1, 0.15) is 5.82 Å². The van der Waals surface area contributed by atoms with Crippen LogP contribution in [-0.4, -0.2) is 45.2 Å². The molecule has 1 aliphatic rings. The Kier molecular flexibility index (Phi) is 6.60. The largest absolute Gasteiger partial charge is 0.383 e. The molecule has 0 aliphatic carbocycles. The predicted molar refractivity (Wildman–Crippen MR) is 106 cm³/mol. The van der Waals surface area contributed by atoms with Gasteiger partial charge in [-0.25, -0.2) is 4.39 Å². The average molecular weight is 385 g/mol. The quantitative estimate of drug-likeness (QED) is 0.719. The third kappa shape index (κ3) is 4.67. The summed E-state index contributed by atoms with van der Waals surface area (Å²) in [6, 6.07) is 11.0. The highest BCUT2D eigenvalue weighted by molar-refractivity contribution is 6.06. The Labute approximate surface area is 163 Å². The van der Waals surface area contributed by atoms with Gasteiger partial charge in [0, 0.05) is 38.1 Å². The number of amides is 2. The number of hydrogen-bond donors (Lipinski definition) is 2. The number of halogens is 1. The Morgan fingerprint density at radius 1 is 1.07 bits per heavy atom. The second-order valence-corrected chi connectivity index (χ2v) is 6.61. The van der Waals surface area contributed by atoms with E-state index in [1.54, 1.807) is 25.3 Å². The first-order valence-electron chi connectivity index (χ1n) is 9.32. The number of anilines is 2. The molecule has 7 heteroatoms. The van der Waals surface area contributed by atoms with Gasteiger partial charge in [0.15, 0.2) is 0 Å². The Balaban J connectivity index is 1.84. The molecule has 0 aromatic heterocycles. The van der Waals surface area contributed by atoms with Crippen LogP contribution in [0.5, 0.6) is 0 Å². The number of hydrogen-bond acceptors (Lipinski definition) is 4. The molecule has 3 rings (SSSR count). The number of nitrogens with zero attached hydrogens (tertiary/aromatic N) is 1. The third-order valence-electron chi connectivity index (χ3n) is 4.66. The molecule has 1 fully saturated rings. The smallest absolute Gasteiger partial charge is 0.258 e. The van der Waals surface area contributed by atoms with Crippen molar-refractivity contribution >= 4 is 23.2 Å². The fraction of sp³-hybridized carbons (Fsp3) is 0.333. The summed E-state index contributed by atoms with van der Waals surface area (Å²) in [6.45, 7) is 2.58. The molecule has 6 nitrogen and oxygen atoms in total. The maximum Gasteiger partial charge on any atom is 0.258 e. The van der Waals surface area contributed by atoms with Gasteiger partial charge in [-0.3, -0.25) is 9.59 Å². The molecule has 0 atom stereocenters. The Morgan fingerprint density at radius 2 is 1.82 bits per heavy atom. The molecular formula is C21H24FN3O3. The lowest BCUT2D eigenvalue weighted by molar-refractivity contribution is 0.0936. The molecule has 0 radical (unpaired) electrons. The molecule has 1 aliphatic heterocycles. The van der Waals surface area contributed by atoms with E-state index >= 15 is 0 Å². The highest BCUT2D eigenvalue weighted by Crippen LogP contribution is 2.28. The van der Waals surface area contributed by atoms with Crippen molar-refractivity contribution in [2.24, 2.45) is 0 Å². The van der Waals surface area contributed by atoms with E-state index in [0.29, 0.717) is 24.4 Å². The van der Waals surface area contributed by atoms with Gasteiger partial charge in [-0.05, 0) is 43.2 Å². The molecule has 2 aromatic carbocycles. The van der Waals surface area contributed by atoms with Crippen LogP contribution in [0.2, 0.25) is 0 Å².